The van der Waals surface area contributed by atoms with Crippen molar-refractivity contribution in [2.45, 2.75) is 85.9 Å². The molecule has 7 nitrogen and oxygen atoms in total. The Hall–Kier alpha value is -3.89. The monoisotopic (exact) mass is 574 g/mol. The molecule has 0 fully saturated rings. The molecular formula is C31H41F3N4O3. The number of aliphatic hydroxyl groups is 1. The van der Waals surface area contributed by atoms with E-state index < -0.39 is 11.8 Å². The van der Waals surface area contributed by atoms with Gasteiger partial charge in [0, 0.05) is 24.2 Å². The number of hydrogen-bond donors (Lipinski definition) is 1. The Morgan fingerprint density at radius 1 is 1.17 bits per heavy atom. The highest BCUT2D eigenvalue weighted by molar-refractivity contribution is 5.87. The number of hydrogen-bond acceptors (Lipinski definition) is 7. The topological polar surface area (TPSA) is 99.3 Å². The van der Waals surface area contributed by atoms with E-state index >= 15 is 0 Å². The van der Waals surface area contributed by atoms with E-state index in [0.717, 1.165) is 12.8 Å². The van der Waals surface area contributed by atoms with Gasteiger partial charge in [0.05, 0.1) is 18.4 Å². The average molecular weight is 575 g/mol. The minimum atomic E-state index is -4.76. The van der Waals surface area contributed by atoms with Crippen LogP contribution in [-0.2, 0) is 10.2 Å². The maximum absolute atomic E-state index is 12.5. The number of unbranched alkanes of at least 4 members (excludes halogenated alkanes) is 1. The Morgan fingerprint density at radius 3 is 2.20 bits per heavy atom. The van der Waals surface area contributed by atoms with Gasteiger partial charge in [0.15, 0.2) is 11.6 Å². The van der Waals surface area contributed by atoms with E-state index in [1.165, 1.54) is 43.3 Å². The largest absolute Gasteiger partial charge is 0.573 e. The van der Waals surface area contributed by atoms with Crippen LogP contribution in [-0.4, -0.2) is 40.9 Å². The van der Waals surface area contributed by atoms with Gasteiger partial charge in [-0.25, -0.2) is 9.97 Å². The standard InChI is InChI=1S/C24H27F3N4O.C5H8O2.C2H6/c1-6-9-14-23(8-3,16-28)22-29-20(17(4)21(30-22)31(5)15-7-2)18-10-12-19(13-11-18)32-24(25,26)27;1-5(7)3-2-4-6;1-2/h10-13H,6,8-9,14H2,1-5H3;2-3,6H,4H2,1H3;1-2H3/b;3-2+;. The summed E-state index contributed by atoms with van der Waals surface area (Å²) in [5.41, 5.74) is 0.977. The fourth-order valence-corrected chi connectivity index (χ4v) is 3.69. The van der Waals surface area contributed by atoms with Crippen LogP contribution in [0.15, 0.2) is 36.4 Å². The van der Waals surface area contributed by atoms with E-state index in [1.54, 1.807) is 18.9 Å². The molecule has 1 N–H and O–H groups in total. The smallest absolute Gasteiger partial charge is 0.406 e. The molecule has 0 saturated carbocycles. The van der Waals surface area contributed by atoms with E-state index in [0.29, 0.717) is 41.3 Å². The van der Waals surface area contributed by atoms with Crippen molar-refractivity contribution in [1.82, 2.24) is 9.97 Å². The van der Waals surface area contributed by atoms with Crippen LogP contribution in [0.3, 0.4) is 0 Å². The van der Waals surface area contributed by atoms with Crippen molar-refractivity contribution < 1.29 is 27.8 Å². The highest BCUT2D eigenvalue weighted by atomic mass is 19.4. The summed E-state index contributed by atoms with van der Waals surface area (Å²) in [7, 11) is 1.77. The third kappa shape index (κ3) is 12.0. The minimum Gasteiger partial charge on any atom is -0.406 e. The Kier molecular flexibility index (Phi) is 16.7. The molecule has 1 aromatic heterocycles. The minimum absolute atomic E-state index is 0.0333. The predicted molar refractivity (Wildman–Crippen MR) is 156 cm³/mol. The third-order valence-electron chi connectivity index (χ3n) is 5.74. The zero-order valence-electron chi connectivity index (χ0n) is 25.2. The fourth-order valence-electron chi connectivity index (χ4n) is 3.69. The second kappa shape index (κ2) is 18.5. The highest BCUT2D eigenvalue weighted by Crippen LogP contribution is 2.36. The van der Waals surface area contributed by atoms with Crippen molar-refractivity contribution in [1.29, 1.82) is 5.26 Å². The number of alkyl halides is 3. The lowest BCUT2D eigenvalue weighted by atomic mass is 9.80. The maximum Gasteiger partial charge on any atom is 0.573 e. The van der Waals surface area contributed by atoms with Crippen LogP contribution in [0, 0.1) is 30.2 Å². The van der Waals surface area contributed by atoms with Crippen LogP contribution < -0.4 is 9.64 Å². The quantitative estimate of drug-likeness (QED) is 0.181. The first-order chi connectivity index (χ1) is 19.4. The lowest BCUT2D eigenvalue weighted by molar-refractivity contribution is -0.274. The van der Waals surface area contributed by atoms with Crippen LogP contribution in [0.5, 0.6) is 5.75 Å². The van der Waals surface area contributed by atoms with Gasteiger partial charge in [0.1, 0.15) is 17.0 Å². The van der Waals surface area contributed by atoms with E-state index in [9.17, 15) is 23.2 Å². The van der Waals surface area contributed by atoms with Gasteiger partial charge in [-0.15, -0.1) is 13.2 Å². The van der Waals surface area contributed by atoms with Crippen LogP contribution >= 0.6 is 0 Å². The van der Waals surface area contributed by atoms with Crippen molar-refractivity contribution in [2.24, 2.45) is 0 Å². The molecule has 0 spiro atoms. The van der Waals surface area contributed by atoms with Crippen LogP contribution in [0.4, 0.5) is 19.0 Å². The number of carbonyl (C=O) groups excluding carboxylic acids is 1. The normalized spacial score (nSPS) is 11.9. The molecule has 1 unspecified atom stereocenters. The number of benzene rings is 1. The first-order valence-electron chi connectivity index (χ1n) is 13.5. The molecular weight excluding hydrogens is 533 g/mol. The Bertz CT molecular complexity index is 1230. The molecule has 1 atom stereocenters. The second-order valence-corrected chi connectivity index (χ2v) is 8.68. The van der Waals surface area contributed by atoms with E-state index in [-0.39, 0.29) is 18.1 Å². The van der Waals surface area contributed by atoms with E-state index in [2.05, 4.69) is 29.7 Å². The Morgan fingerprint density at radius 2 is 1.78 bits per heavy atom. The molecule has 41 heavy (non-hydrogen) atoms. The number of aliphatic hydroxyl groups excluding tert-OH is 1. The lowest BCUT2D eigenvalue weighted by Crippen LogP contribution is -2.28. The summed E-state index contributed by atoms with van der Waals surface area (Å²) < 4.78 is 41.5. The first kappa shape index (κ1) is 37.1. The SMILES string of the molecule is CC.CC#CN(C)c1nc(C(C#N)(CC)CCCC)nc(-c2ccc(OC(F)(F)F)cc2)c1C.CC(=O)/C=C/CO. The molecule has 0 amide bonds. The molecule has 1 heterocycles. The molecule has 2 rings (SSSR count). The summed E-state index contributed by atoms with van der Waals surface area (Å²) in [6.07, 6.45) is 0.893. The molecule has 2 aromatic rings. The Labute approximate surface area is 242 Å². The van der Waals surface area contributed by atoms with Crippen LogP contribution in [0.25, 0.3) is 11.3 Å². The molecule has 0 saturated heterocycles. The highest BCUT2D eigenvalue weighted by Gasteiger charge is 2.35. The van der Waals surface area contributed by atoms with Gasteiger partial charge in [0.25, 0.3) is 0 Å². The van der Waals surface area contributed by atoms with Crippen molar-refractivity contribution in [2.75, 3.05) is 18.6 Å². The summed E-state index contributed by atoms with van der Waals surface area (Å²) in [4.78, 5) is 21.1. The van der Waals surface area contributed by atoms with E-state index in [1.807, 2.05) is 27.7 Å². The van der Waals surface area contributed by atoms with Crippen molar-refractivity contribution in [3.63, 3.8) is 0 Å². The molecule has 1 aromatic carbocycles. The maximum atomic E-state index is 12.5. The summed E-state index contributed by atoms with van der Waals surface area (Å²) in [6.45, 7) is 12.9. The number of ether oxygens (including phenoxy) is 1. The van der Waals surface area contributed by atoms with Gasteiger partial charge in [-0.3, -0.25) is 9.69 Å². The van der Waals surface area contributed by atoms with Gasteiger partial charge >= 0.3 is 6.36 Å². The molecule has 0 aliphatic carbocycles. The van der Waals surface area contributed by atoms with Crippen LogP contribution in [0.2, 0.25) is 0 Å². The number of ketones is 1. The molecule has 0 aliphatic rings. The number of nitrogens with zero attached hydrogens (tertiary/aromatic N) is 4. The Balaban J connectivity index is 0.00000155. The summed E-state index contributed by atoms with van der Waals surface area (Å²) in [6, 6.07) is 10.9. The van der Waals surface area contributed by atoms with Gasteiger partial charge in [-0.1, -0.05) is 52.5 Å². The molecule has 0 aliphatic heterocycles. The average Bonchev–Trinajstić information content (AvgIpc) is 2.94. The second-order valence-electron chi connectivity index (χ2n) is 8.68. The van der Waals surface area contributed by atoms with Crippen molar-refractivity contribution in [3.05, 3.63) is 47.8 Å². The zero-order valence-corrected chi connectivity index (χ0v) is 25.2. The number of carbonyl (C=O) groups is 1. The molecule has 0 radical (unpaired) electrons. The first-order valence-corrected chi connectivity index (χ1v) is 13.5. The summed E-state index contributed by atoms with van der Waals surface area (Å²) in [5, 5.41) is 18.1. The number of halogens is 3. The molecule has 10 heteroatoms. The van der Waals surface area contributed by atoms with Crippen molar-refractivity contribution >= 4 is 11.6 Å². The predicted octanol–water partition coefficient (Wildman–Crippen LogP) is 7.28. The molecule has 0 bridgehead atoms. The van der Waals surface area contributed by atoms with Gasteiger partial charge < -0.3 is 9.84 Å². The van der Waals surface area contributed by atoms with Crippen LogP contribution in [0.1, 0.15) is 78.6 Å². The van der Waals surface area contributed by atoms with Gasteiger partial charge in [-0.2, -0.15) is 5.26 Å². The van der Waals surface area contributed by atoms with Gasteiger partial charge in [0.2, 0.25) is 0 Å². The third-order valence-corrected chi connectivity index (χ3v) is 5.74. The number of allylic oxidation sites excluding steroid dienone is 1. The number of anilines is 1. The fraction of sp³-hybridized carbons (Fsp3) is 0.484. The number of nitriles is 1. The molecule has 224 valence electrons. The summed E-state index contributed by atoms with van der Waals surface area (Å²) >= 11 is 0. The summed E-state index contributed by atoms with van der Waals surface area (Å²) in [5.74, 6) is 3.43. The lowest BCUT2D eigenvalue weighted by Gasteiger charge is -2.26. The van der Waals surface area contributed by atoms with Gasteiger partial charge in [-0.05, 0) is 64.0 Å². The van der Waals surface area contributed by atoms with Crippen molar-refractivity contribution in [3.8, 4) is 35.0 Å². The number of rotatable bonds is 10. The number of aromatic nitrogens is 2. The zero-order chi connectivity index (χ0) is 31.6. The van der Waals surface area contributed by atoms with E-state index in [4.69, 9.17) is 15.1 Å².